The maximum Gasteiger partial charge on any atom is 0.274 e. The molecule has 0 unspecified atom stereocenters. The summed E-state index contributed by atoms with van der Waals surface area (Å²) in [5.74, 6) is -0.352. The van der Waals surface area contributed by atoms with Crippen LogP contribution >= 0.6 is 0 Å². The lowest BCUT2D eigenvalue weighted by molar-refractivity contribution is 0.102. The van der Waals surface area contributed by atoms with Gasteiger partial charge in [-0.25, -0.2) is 0 Å². The SMILES string of the molecule is Cc1cccc(C)c1NC(=O)c1ccnc(C(=O)Nc2ccccc2C(C)C)c1. The Balaban J connectivity index is 1.81. The minimum absolute atomic E-state index is 0.192. The van der Waals surface area contributed by atoms with E-state index in [9.17, 15) is 9.59 Å². The molecular weight excluding hydrogens is 362 g/mol. The number of pyridine rings is 1. The number of anilines is 2. The van der Waals surface area contributed by atoms with Gasteiger partial charge in [-0.1, -0.05) is 50.2 Å². The highest BCUT2D eigenvalue weighted by atomic mass is 16.2. The van der Waals surface area contributed by atoms with E-state index in [-0.39, 0.29) is 23.4 Å². The van der Waals surface area contributed by atoms with E-state index in [0.29, 0.717) is 5.56 Å². The Morgan fingerprint density at radius 1 is 0.862 bits per heavy atom. The Morgan fingerprint density at radius 2 is 1.55 bits per heavy atom. The van der Waals surface area contributed by atoms with Crippen molar-refractivity contribution in [3.05, 3.63) is 88.7 Å². The van der Waals surface area contributed by atoms with Crippen LogP contribution in [0.4, 0.5) is 11.4 Å². The number of amides is 2. The van der Waals surface area contributed by atoms with Gasteiger partial charge in [0.2, 0.25) is 0 Å². The molecule has 0 saturated heterocycles. The van der Waals surface area contributed by atoms with Gasteiger partial charge in [-0.15, -0.1) is 0 Å². The van der Waals surface area contributed by atoms with E-state index < -0.39 is 0 Å². The average molecular weight is 387 g/mol. The second-order valence-corrected chi connectivity index (χ2v) is 7.35. The Labute approximate surface area is 171 Å². The summed E-state index contributed by atoms with van der Waals surface area (Å²) in [6.07, 6.45) is 1.48. The maximum absolute atomic E-state index is 12.7. The molecule has 0 spiro atoms. The van der Waals surface area contributed by atoms with Crippen molar-refractivity contribution in [2.75, 3.05) is 10.6 Å². The highest BCUT2D eigenvalue weighted by molar-refractivity contribution is 6.08. The molecule has 5 heteroatoms. The van der Waals surface area contributed by atoms with E-state index in [4.69, 9.17) is 0 Å². The van der Waals surface area contributed by atoms with Crippen LogP contribution < -0.4 is 10.6 Å². The molecule has 2 N–H and O–H groups in total. The molecule has 0 saturated carbocycles. The van der Waals surface area contributed by atoms with Crippen molar-refractivity contribution in [2.24, 2.45) is 0 Å². The molecule has 1 aromatic heterocycles. The van der Waals surface area contributed by atoms with Crippen LogP contribution in [0.3, 0.4) is 0 Å². The molecule has 5 nitrogen and oxygen atoms in total. The van der Waals surface area contributed by atoms with Gasteiger partial charge < -0.3 is 10.6 Å². The lowest BCUT2D eigenvalue weighted by Gasteiger charge is -2.14. The Bertz CT molecular complexity index is 1040. The zero-order chi connectivity index (χ0) is 21.0. The number of carbonyl (C=O) groups is 2. The van der Waals surface area contributed by atoms with Crippen LogP contribution in [0.25, 0.3) is 0 Å². The van der Waals surface area contributed by atoms with Crippen molar-refractivity contribution in [1.29, 1.82) is 0 Å². The fourth-order valence-electron chi connectivity index (χ4n) is 3.19. The van der Waals surface area contributed by atoms with Crippen molar-refractivity contribution >= 4 is 23.2 Å². The first kappa shape index (κ1) is 20.3. The van der Waals surface area contributed by atoms with Gasteiger partial charge in [-0.2, -0.15) is 0 Å². The van der Waals surface area contributed by atoms with Gasteiger partial charge in [-0.3, -0.25) is 14.6 Å². The molecule has 1 heterocycles. The van der Waals surface area contributed by atoms with Gasteiger partial charge >= 0.3 is 0 Å². The molecule has 148 valence electrons. The van der Waals surface area contributed by atoms with Gasteiger partial charge in [0.25, 0.3) is 11.8 Å². The van der Waals surface area contributed by atoms with Crippen LogP contribution in [0.15, 0.2) is 60.8 Å². The van der Waals surface area contributed by atoms with E-state index in [1.807, 2.05) is 56.3 Å². The third-order valence-corrected chi connectivity index (χ3v) is 4.81. The normalized spacial score (nSPS) is 10.7. The van der Waals surface area contributed by atoms with Gasteiger partial charge in [0.15, 0.2) is 0 Å². The highest BCUT2D eigenvalue weighted by Gasteiger charge is 2.15. The van der Waals surface area contributed by atoms with E-state index in [1.165, 1.54) is 12.3 Å². The topological polar surface area (TPSA) is 71.1 Å². The fourth-order valence-corrected chi connectivity index (χ4v) is 3.19. The molecule has 0 fully saturated rings. The predicted octanol–water partition coefficient (Wildman–Crippen LogP) is 5.33. The number of hydrogen-bond acceptors (Lipinski definition) is 3. The van der Waals surface area contributed by atoms with Crippen LogP contribution in [0.2, 0.25) is 0 Å². The number of aryl methyl sites for hydroxylation is 2. The minimum Gasteiger partial charge on any atom is -0.322 e. The van der Waals surface area contributed by atoms with Crippen LogP contribution in [-0.4, -0.2) is 16.8 Å². The lowest BCUT2D eigenvalue weighted by atomic mass is 10.0. The Morgan fingerprint density at radius 3 is 2.24 bits per heavy atom. The fraction of sp³-hybridized carbons (Fsp3) is 0.208. The molecule has 0 radical (unpaired) electrons. The maximum atomic E-state index is 12.7. The van der Waals surface area contributed by atoms with Crippen LogP contribution in [0, 0.1) is 13.8 Å². The summed E-state index contributed by atoms with van der Waals surface area (Å²) in [4.78, 5) is 29.6. The summed E-state index contributed by atoms with van der Waals surface area (Å²) < 4.78 is 0. The molecule has 0 aliphatic carbocycles. The number of hydrogen-bond donors (Lipinski definition) is 2. The lowest BCUT2D eigenvalue weighted by Crippen LogP contribution is -2.18. The van der Waals surface area contributed by atoms with Crippen molar-refractivity contribution < 1.29 is 9.59 Å². The quantitative estimate of drug-likeness (QED) is 0.622. The second-order valence-electron chi connectivity index (χ2n) is 7.35. The largest absolute Gasteiger partial charge is 0.322 e. The summed E-state index contributed by atoms with van der Waals surface area (Å²) in [6.45, 7) is 8.03. The molecule has 2 amide bonds. The summed E-state index contributed by atoms with van der Waals surface area (Å²) in [5.41, 5.74) is 5.12. The number of benzene rings is 2. The Hall–Kier alpha value is -3.47. The monoisotopic (exact) mass is 387 g/mol. The predicted molar refractivity (Wildman–Crippen MR) is 117 cm³/mol. The van der Waals surface area contributed by atoms with Crippen molar-refractivity contribution in [1.82, 2.24) is 4.98 Å². The first-order chi connectivity index (χ1) is 13.9. The summed E-state index contributed by atoms with van der Waals surface area (Å²) in [5, 5.41) is 5.85. The Kier molecular flexibility index (Phi) is 6.07. The number of nitrogens with zero attached hydrogens (tertiary/aromatic N) is 1. The number of nitrogens with one attached hydrogen (secondary N) is 2. The molecule has 0 bridgehead atoms. The van der Waals surface area contributed by atoms with Gasteiger partial charge in [0.1, 0.15) is 5.69 Å². The zero-order valence-electron chi connectivity index (χ0n) is 17.1. The van der Waals surface area contributed by atoms with Gasteiger partial charge in [0.05, 0.1) is 0 Å². The molecule has 2 aromatic carbocycles. The van der Waals surface area contributed by atoms with Crippen molar-refractivity contribution in [2.45, 2.75) is 33.6 Å². The number of para-hydroxylation sites is 2. The second kappa shape index (κ2) is 8.69. The number of carbonyl (C=O) groups excluding carboxylic acids is 2. The molecular formula is C24H25N3O2. The highest BCUT2D eigenvalue weighted by Crippen LogP contribution is 2.24. The van der Waals surface area contributed by atoms with E-state index in [2.05, 4.69) is 29.5 Å². The van der Waals surface area contributed by atoms with E-state index >= 15 is 0 Å². The molecule has 3 aromatic rings. The number of rotatable bonds is 5. The molecule has 0 aliphatic rings. The molecule has 3 rings (SSSR count). The van der Waals surface area contributed by atoms with Crippen LogP contribution in [0.5, 0.6) is 0 Å². The smallest absolute Gasteiger partial charge is 0.274 e. The van der Waals surface area contributed by atoms with E-state index in [1.54, 1.807) is 6.07 Å². The molecule has 0 aliphatic heterocycles. The first-order valence-corrected chi connectivity index (χ1v) is 9.60. The summed E-state index contributed by atoms with van der Waals surface area (Å²) >= 11 is 0. The van der Waals surface area contributed by atoms with Gasteiger partial charge in [0, 0.05) is 23.1 Å². The van der Waals surface area contributed by atoms with Crippen LogP contribution in [0.1, 0.15) is 57.3 Å². The minimum atomic E-state index is -0.347. The third-order valence-electron chi connectivity index (χ3n) is 4.81. The van der Waals surface area contributed by atoms with Crippen molar-refractivity contribution in [3.8, 4) is 0 Å². The van der Waals surface area contributed by atoms with E-state index in [0.717, 1.165) is 28.1 Å². The average Bonchev–Trinajstić information content (AvgIpc) is 2.71. The molecule has 0 atom stereocenters. The van der Waals surface area contributed by atoms with Gasteiger partial charge in [-0.05, 0) is 54.7 Å². The van der Waals surface area contributed by atoms with Crippen molar-refractivity contribution in [3.63, 3.8) is 0 Å². The summed E-state index contributed by atoms with van der Waals surface area (Å²) in [6, 6.07) is 16.6. The zero-order valence-corrected chi connectivity index (χ0v) is 17.1. The van der Waals surface area contributed by atoms with Crippen LogP contribution in [-0.2, 0) is 0 Å². The molecule has 29 heavy (non-hydrogen) atoms. The standard InChI is InChI=1S/C24H25N3O2/c1-15(2)19-10-5-6-11-20(19)26-24(29)21-14-18(12-13-25-21)23(28)27-22-16(3)8-7-9-17(22)4/h5-15H,1-4H3,(H,26,29)(H,27,28). The first-order valence-electron chi connectivity index (χ1n) is 9.60. The number of aromatic nitrogens is 1. The summed E-state index contributed by atoms with van der Waals surface area (Å²) in [7, 11) is 0. The third kappa shape index (κ3) is 4.69.